The van der Waals surface area contributed by atoms with E-state index in [1.807, 2.05) is 6.08 Å². The van der Waals surface area contributed by atoms with Crippen molar-refractivity contribution in [3.63, 3.8) is 0 Å². The molecule has 0 nitrogen and oxygen atoms in total. The zero-order valence-electron chi connectivity index (χ0n) is 22.1. The lowest BCUT2D eigenvalue weighted by Gasteiger charge is -2.17. The second-order valence-electron chi connectivity index (χ2n) is 10.5. The van der Waals surface area contributed by atoms with E-state index in [-0.39, 0.29) is 0 Å². The molecular formula is C40H26. The lowest BCUT2D eigenvalue weighted by Crippen LogP contribution is -1.90. The fourth-order valence-electron chi connectivity index (χ4n) is 6.58. The van der Waals surface area contributed by atoms with Crippen LogP contribution >= 0.6 is 0 Å². The molecule has 0 saturated heterocycles. The minimum atomic E-state index is 1.13. The minimum Gasteiger partial charge on any atom is -0.0985 e. The van der Waals surface area contributed by atoms with Crippen molar-refractivity contribution in [2.45, 2.75) is 0 Å². The third kappa shape index (κ3) is 3.33. The summed E-state index contributed by atoms with van der Waals surface area (Å²) in [6.45, 7) is 3.96. The predicted octanol–water partition coefficient (Wildman–Crippen LogP) is 11.3. The van der Waals surface area contributed by atoms with Crippen LogP contribution in [0.4, 0.5) is 0 Å². The van der Waals surface area contributed by atoms with E-state index in [1.54, 1.807) is 0 Å². The van der Waals surface area contributed by atoms with Gasteiger partial charge in [-0.2, -0.15) is 0 Å². The highest BCUT2D eigenvalue weighted by molar-refractivity contribution is 6.28. The first-order chi connectivity index (χ1) is 19.8. The van der Waals surface area contributed by atoms with Crippen LogP contribution in [-0.4, -0.2) is 0 Å². The van der Waals surface area contributed by atoms with Crippen LogP contribution < -0.4 is 0 Å². The SMILES string of the molecule is C=Cc1ccc(-c2ccc(-c3ccccc3)c3c2-c2c4cccc(-c5ccccc5)c4cc4cccc-3c24)cc1. The second-order valence-corrected chi connectivity index (χ2v) is 10.5. The van der Waals surface area contributed by atoms with Crippen molar-refractivity contribution in [1.29, 1.82) is 0 Å². The third-order valence-electron chi connectivity index (χ3n) is 8.37. The molecule has 0 aliphatic heterocycles. The first kappa shape index (κ1) is 22.8. The molecule has 40 heavy (non-hydrogen) atoms. The maximum Gasteiger partial charge on any atom is -0.000763 e. The van der Waals surface area contributed by atoms with E-state index in [2.05, 4.69) is 146 Å². The molecule has 0 bridgehead atoms. The van der Waals surface area contributed by atoms with E-state index < -0.39 is 0 Å². The number of fused-ring (bicyclic) bond motifs is 5. The summed E-state index contributed by atoms with van der Waals surface area (Å²) in [5.74, 6) is 0. The van der Waals surface area contributed by atoms with Crippen molar-refractivity contribution in [1.82, 2.24) is 0 Å². The first-order valence-corrected chi connectivity index (χ1v) is 13.8. The zero-order chi connectivity index (χ0) is 26.6. The van der Waals surface area contributed by atoms with Gasteiger partial charge in [-0.05, 0) is 88.8 Å². The van der Waals surface area contributed by atoms with Gasteiger partial charge in [0.15, 0.2) is 0 Å². The molecule has 8 rings (SSSR count). The largest absolute Gasteiger partial charge is 0.0985 e. The van der Waals surface area contributed by atoms with Crippen LogP contribution in [0.5, 0.6) is 0 Å². The van der Waals surface area contributed by atoms with E-state index in [0.29, 0.717) is 0 Å². The molecule has 7 aromatic rings. The standard InChI is InChI=1S/C40H26/c1-2-26-19-21-29(22-20-26)33-24-23-32(28-13-7-4-8-14-28)38-35-18-9-15-30-25-36-31(27-11-5-3-6-12-27)16-10-17-34(36)40(37(30)35)39(33)38/h2-25H,1H2. The molecule has 7 aromatic carbocycles. The molecule has 0 atom stereocenters. The van der Waals surface area contributed by atoms with Crippen molar-refractivity contribution in [3.05, 3.63) is 152 Å². The van der Waals surface area contributed by atoms with Gasteiger partial charge in [0, 0.05) is 0 Å². The van der Waals surface area contributed by atoms with Gasteiger partial charge in [-0.25, -0.2) is 0 Å². The average Bonchev–Trinajstić information content (AvgIpc) is 3.38. The number of benzene rings is 7. The van der Waals surface area contributed by atoms with Crippen LogP contribution in [0.1, 0.15) is 5.56 Å². The van der Waals surface area contributed by atoms with Crippen LogP contribution in [0.15, 0.2) is 146 Å². The van der Waals surface area contributed by atoms with Crippen LogP contribution in [0.25, 0.3) is 83.3 Å². The maximum absolute atomic E-state index is 3.96. The summed E-state index contributed by atoms with van der Waals surface area (Å²) in [6, 6.07) is 51.0. The Morgan fingerprint density at radius 2 is 1.00 bits per heavy atom. The minimum absolute atomic E-state index is 1.13. The molecule has 0 saturated carbocycles. The molecule has 0 heterocycles. The highest BCUT2D eigenvalue weighted by Gasteiger charge is 2.29. The lowest BCUT2D eigenvalue weighted by atomic mass is 9.86. The van der Waals surface area contributed by atoms with Gasteiger partial charge in [0.2, 0.25) is 0 Å². The molecule has 186 valence electrons. The van der Waals surface area contributed by atoms with Gasteiger partial charge >= 0.3 is 0 Å². The fourth-order valence-corrected chi connectivity index (χ4v) is 6.58. The summed E-state index contributed by atoms with van der Waals surface area (Å²) < 4.78 is 0. The predicted molar refractivity (Wildman–Crippen MR) is 172 cm³/mol. The second kappa shape index (κ2) is 8.93. The molecule has 0 radical (unpaired) electrons. The molecule has 0 aromatic heterocycles. The van der Waals surface area contributed by atoms with E-state index in [4.69, 9.17) is 0 Å². The molecule has 0 heteroatoms. The summed E-state index contributed by atoms with van der Waals surface area (Å²) in [7, 11) is 0. The summed E-state index contributed by atoms with van der Waals surface area (Å²) in [5.41, 5.74) is 14.0. The molecule has 0 fully saturated rings. The van der Waals surface area contributed by atoms with Gasteiger partial charge in [-0.15, -0.1) is 0 Å². The molecular weight excluding hydrogens is 480 g/mol. The molecule has 0 spiro atoms. The highest BCUT2D eigenvalue weighted by Crippen LogP contribution is 2.57. The third-order valence-corrected chi connectivity index (χ3v) is 8.37. The quantitative estimate of drug-likeness (QED) is 0.208. The Labute approximate surface area is 234 Å². The van der Waals surface area contributed by atoms with Crippen molar-refractivity contribution < 1.29 is 0 Å². The van der Waals surface area contributed by atoms with E-state index >= 15 is 0 Å². The van der Waals surface area contributed by atoms with Crippen molar-refractivity contribution >= 4 is 27.6 Å². The van der Waals surface area contributed by atoms with Crippen molar-refractivity contribution in [3.8, 4) is 55.6 Å². The lowest BCUT2D eigenvalue weighted by molar-refractivity contribution is 1.58. The summed E-state index contributed by atoms with van der Waals surface area (Å²) in [4.78, 5) is 0. The Kier molecular flexibility index (Phi) is 5.08. The Hall–Kier alpha value is -5.20. The van der Waals surface area contributed by atoms with E-state index in [1.165, 1.54) is 77.2 Å². The average molecular weight is 507 g/mol. The number of rotatable bonds is 4. The molecule has 1 aliphatic rings. The first-order valence-electron chi connectivity index (χ1n) is 13.8. The van der Waals surface area contributed by atoms with Crippen LogP contribution in [0, 0.1) is 0 Å². The van der Waals surface area contributed by atoms with Crippen LogP contribution in [0.3, 0.4) is 0 Å². The van der Waals surface area contributed by atoms with Gasteiger partial charge < -0.3 is 0 Å². The van der Waals surface area contributed by atoms with Gasteiger partial charge in [-0.3, -0.25) is 0 Å². The Balaban J connectivity index is 1.53. The van der Waals surface area contributed by atoms with Gasteiger partial charge in [0.05, 0.1) is 0 Å². The summed E-state index contributed by atoms with van der Waals surface area (Å²) in [5, 5.41) is 5.22. The fraction of sp³-hybridized carbons (Fsp3) is 0. The van der Waals surface area contributed by atoms with E-state index in [9.17, 15) is 0 Å². The van der Waals surface area contributed by atoms with E-state index in [0.717, 1.165) is 5.56 Å². The van der Waals surface area contributed by atoms with Crippen LogP contribution in [-0.2, 0) is 0 Å². The smallest absolute Gasteiger partial charge is 0.000763 e. The number of hydrogen-bond acceptors (Lipinski definition) is 0. The number of hydrogen-bond donors (Lipinski definition) is 0. The van der Waals surface area contributed by atoms with Gasteiger partial charge in [-0.1, -0.05) is 146 Å². The Bertz CT molecular complexity index is 2080. The normalized spacial score (nSPS) is 11.6. The Morgan fingerprint density at radius 1 is 0.400 bits per heavy atom. The molecule has 0 N–H and O–H groups in total. The topological polar surface area (TPSA) is 0 Å². The van der Waals surface area contributed by atoms with Crippen LogP contribution in [0.2, 0.25) is 0 Å². The maximum atomic E-state index is 3.96. The van der Waals surface area contributed by atoms with Gasteiger partial charge in [0.1, 0.15) is 0 Å². The Morgan fingerprint density at radius 3 is 1.70 bits per heavy atom. The zero-order valence-corrected chi connectivity index (χ0v) is 22.1. The highest BCUT2D eigenvalue weighted by atomic mass is 14.3. The van der Waals surface area contributed by atoms with Gasteiger partial charge in [0.25, 0.3) is 0 Å². The monoisotopic (exact) mass is 506 g/mol. The summed E-state index contributed by atoms with van der Waals surface area (Å²) in [6.07, 6.45) is 1.90. The summed E-state index contributed by atoms with van der Waals surface area (Å²) >= 11 is 0. The van der Waals surface area contributed by atoms with Crippen molar-refractivity contribution in [2.24, 2.45) is 0 Å². The molecule has 1 aliphatic carbocycles. The molecule has 0 amide bonds. The van der Waals surface area contributed by atoms with Crippen molar-refractivity contribution in [2.75, 3.05) is 0 Å². The molecule has 0 unspecified atom stereocenters.